The number of benzene rings is 3. The highest BCUT2D eigenvalue weighted by molar-refractivity contribution is 6.45. The van der Waals surface area contributed by atoms with Gasteiger partial charge in [0.15, 0.2) is 0 Å². The summed E-state index contributed by atoms with van der Waals surface area (Å²) in [5.74, 6) is -3.09. The molecular weight excluding hydrogens is 436 g/mol. The number of hydrogen-bond donors (Lipinski definition) is 2. The average Bonchev–Trinajstić information content (AvgIpc) is 3.51. The van der Waals surface area contributed by atoms with E-state index in [1.165, 1.54) is 0 Å². The molecule has 2 N–H and O–H groups in total. The van der Waals surface area contributed by atoms with E-state index in [-0.39, 0.29) is 28.6 Å². The van der Waals surface area contributed by atoms with Crippen LogP contribution in [0.15, 0.2) is 60.7 Å². The number of ether oxygens (including phenoxy) is 2. The summed E-state index contributed by atoms with van der Waals surface area (Å²) in [5.41, 5.74) is 3.74. The van der Waals surface area contributed by atoms with Crippen LogP contribution >= 0.6 is 0 Å². The van der Waals surface area contributed by atoms with Crippen LogP contribution in [0, 0.1) is 0 Å². The lowest BCUT2D eigenvalue weighted by molar-refractivity contribution is -0.136. The van der Waals surface area contributed by atoms with Crippen molar-refractivity contribution in [1.29, 1.82) is 0 Å². The van der Waals surface area contributed by atoms with Crippen LogP contribution in [0.4, 0.5) is 11.4 Å². The monoisotopic (exact) mass is 450 g/mol. The van der Waals surface area contributed by atoms with Gasteiger partial charge in [-0.2, -0.15) is 0 Å². The number of nitrogens with one attached hydrogen (secondary N) is 2. The highest BCUT2D eigenvalue weighted by Crippen LogP contribution is 2.52. The maximum Gasteiger partial charge on any atom is 0.345 e. The SMILES string of the molecule is O=C1Nc2ccccc2/C1=C1\C(=O)Oc2cc3c(cc21)OC(=O)C3C1C(=O)Nc2ccccc21. The zero-order valence-electron chi connectivity index (χ0n) is 17.4. The van der Waals surface area contributed by atoms with E-state index in [4.69, 9.17) is 9.47 Å². The quantitative estimate of drug-likeness (QED) is 0.335. The lowest BCUT2D eigenvalue weighted by atomic mass is 9.82. The van der Waals surface area contributed by atoms with E-state index in [0.717, 1.165) is 0 Å². The molecule has 0 spiro atoms. The van der Waals surface area contributed by atoms with Gasteiger partial charge in [-0.25, -0.2) is 4.79 Å². The van der Waals surface area contributed by atoms with Crippen LogP contribution in [0.2, 0.25) is 0 Å². The summed E-state index contributed by atoms with van der Waals surface area (Å²) >= 11 is 0. The van der Waals surface area contributed by atoms with E-state index in [1.807, 2.05) is 0 Å². The molecule has 0 saturated carbocycles. The Labute approximate surface area is 192 Å². The van der Waals surface area contributed by atoms with Crippen molar-refractivity contribution in [2.75, 3.05) is 10.6 Å². The Balaban J connectivity index is 1.38. The van der Waals surface area contributed by atoms with E-state index >= 15 is 0 Å². The van der Waals surface area contributed by atoms with Crippen molar-refractivity contribution in [1.82, 2.24) is 0 Å². The molecule has 4 heterocycles. The number of fused-ring (bicyclic) bond motifs is 4. The number of esters is 2. The van der Waals surface area contributed by atoms with E-state index in [0.29, 0.717) is 33.6 Å². The van der Waals surface area contributed by atoms with Crippen molar-refractivity contribution < 1.29 is 28.7 Å². The Hall–Kier alpha value is -4.72. The second kappa shape index (κ2) is 6.41. The third-order valence-electron chi connectivity index (χ3n) is 6.68. The van der Waals surface area contributed by atoms with Crippen LogP contribution in [0.25, 0.3) is 11.1 Å². The van der Waals surface area contributed by atoms with E-state index in [9.17, 15) is 19.2 Å². The molecule has 0 radical (unpaired) electrons. The lowest BCUT2D eigenvalue weighted by Crippen LogP contribution is -2.24. The highest BCUT2D eigenvalue weighted by Gasteiger charge is 2.48. The Bertz CT molecular complexity index is 1550. The fourth-order valence-corrected chi connectivity index (χ4v) is 5.23. The number of carbonyl (C=O) groups excluding carboxylic acids is 4. The largest absolute Gasteiger partial charge is 0.426 e. The Morgan fingerprint density at radius 2 is 1.41 bits per heavy atom. The molecule has 2 unspecified atom stereocenters. The summed E-state index contributed by atoms with van der Waals surface area (Å²) in [6, 6.07) is 17.4. The molecule has 34 heavy (non-hydrogen) atoms. The summed E-state index contributed by atoms with van der Waals surface area (Å²) < 4.78 is 11.1. The lowest BCUT2D eigenvalue weighted by Gasteiger charge is -2.14. The van der Waals surface area contributed by atoms with Crippen LogP contribution in [-0.4, -0.2) is 23.8 Å². The van der Waals surface area contributed by atoms with E-state index in [2.05, 4.69) is 10.6 Å². The minimum atomic E-state index is -0.880. The van der Waals surface area contributed by atoms with E-state index < -0.39 is 29.7 Å². The van der Waals surface area contributed by atoms with Crippen LogP contribution < -0.4 is 20.1 Å². The Morgan fingerprint density at radius 3 is 2.26 bits per heavy atom. The molecule has 7 rings (SSSR count). The van der Waals surface area contributed by atoms with Gasteiger partial charge in [-0.15, -0.1) is 0 Å². The number of carbonyl (C=O) groups is 4. The summed E-state index contributed by atoms with van der Waals surface area (Å²) in [6.07, 6.45) is 0. The fourth-order valence-electron chi connectivity index (χ4n) is 5.23. The first-order chi connectivity index (χ1) is 16.5. The summed E-state index contributed by atoms with van der Waals surface area (Å²) in [7, 11) is 0. The van der Waals surface area contributed by atoms with Gasteiger partial charge < -0.3 is 20.1 Å². The first kappa shape index (κ1) is 18.8. The number of rotatable bonds is 1. The van der Waals surface area contributed by atoms with Crippen LogP contribution in [0.3, 0.4) is 0 Å². The van der Waals surface area contributed by atoms with Gasteiger partial charge in [0.25, 0.3) is 5.91 Å². The molecule has 2 amide bonds. The topological polar surface area (TPSA) is 111 Å². The van der Waals surface area contributed by atoms with Gasteiger partial charge >= 0.3 is 11.9 Å². The van der Waals surface area contributed by atoms with Gasteiger partial charge in [-0.3, -0.25) is 14.4 Å². The second-order valence-electron chi connectivity index (χ2n) is 8.48. The van der Waals surface area contributed by atoms with Crippen LogP contribution in [0.1, 0.15) is 34.1 Å². The number of hydrogen-bond acceptors (Lipinski definition) is 6. The van der Waals surface area contributed by atoms with Gasteiger partial charge in [0.05, 0.1) is 17.1 Å². The highest BCUT2D eigenvalue weighted by atomic mass is 16.5. The molecule has 8 heteroatoms. The molecule has 4 aliphatic heterocycles. The molecule has 3 aromatic carbocycles. The molecule has 0 aliphatic carbocycles. The van der Waals surface area contributed by atoms with Crippen LogP contribution in [0.5, 0.6) is 11.5 Å². The molecule has 2 atom stereocenters. The maximum atomic E-state index is 12.9. The third kappa shape index (κ3) is 2.36. The summed E-state index contributed by atoms with van der Waals surface area (Å²) in [4.78, 5) is 51.3. The predicted molar refractivity (Wildman–Crippen MR) is 120 cm³/mol. The molecular formula is C26H14N2O6. The smallest absolute Gasteiger partial charge is 0.345 e. The Morgan fingerprint density at radius 1 is 0.647 bits per heavy atom. The zero-order valence-corrected chi connectivity index (χ0v) is 17.4. The minimum Gasteiger partial charge on any atom is -0.426 e. The molecule has 0 saturated heterocycles. The van der Waals surface area contributed by atoms with Gasteiger partial charge in [-0.05, 0) is 29.8 Å². The maximum absolute atomic E-state index is 12.9. The van der Waals surface area contributed by atoms with Crippen molar-refractivity contribution in [2.24, 2.45) is 0 Å². The van der Waals surface area contributed by atoms with Gasteiger partial charge in [0.2, 0.25) is 5.91 Å². The van der Waals surface area contributed by atoms with Gasteiger partial charge in [-0.1, -0.05) is 36.4 Å². The predicted octanol–water partition coefficient (Wildman–Crippen LogP) is 3.21. The minimum absolute atomic E-state index is 0.115. The van der Waals surface area contributed by atoms with Gasteiger partial charge in [0.1, 0.15) is 17.4 Å². The molecule has 0 bridgehead atoms. The van der Waals surface area contributed by atoms with Gasteiger partial charge in [0, 0.05) is 28.1 Å². The van der Waals surface area contributed by atoms with Crippen molar-refractivity contribution >= 4 is 46.3 Å². The molecule has 4 aliphatic rings. The van der Waals surface area contributed by atoms with Crippen molar-refractivity contribution in [2.45, 2.75) is 11.8 Å². The van der Waals surface area contributed by atoms with Crippen molar-refractivity contribution in [3.8, 4) is 11.5 Å². The molecule has 0 fully saturated rings. The first-order valence-electron chi connectivity index (χ1n) is 10.7. The third-order valence-corrected chi connectivity index (χ3v) is 6.68. The Kier molecular flexibility index (Phi) is 3.55. The standard InChI is InChI=1S/C26H14N2O6/c29-23-19(11-5-1-3-7-15(11)27-23)21-13-9-18-14(10-17(13)33-25(21)31)22(26(32)34-18)20-12-6-2-4-8-16(12)28-24(20)30/h1-10,19,21H,(H,27,29)(H,28,30)/b22-20+. The first-order valence-corrected chi connectivity index (χ1v) is 10.7. The fraction of sp³-hybridized carbons (Fsp3) is 0.0769. The normalized spacial score (nSPS) is 23.5. The zero-order chi connectivity index (χ0) is 23.1. The van der Waals surface area contributed by atoms with Crippen LogP contribution in [-0.2, 0) is 19.2 Å². The second-order valence-corrected chi connectivity index (χ2v) is 8.48. The number of anilines is 2. The molecule has 3 aromatic rings. The number of amides is 2. The molecule has 164 valence electrons. The van der Waals surface area contributed by atoms with Crippen molar-refractivity contribution in [3.63, 3.8) is 0 Å². The summed E-state index contributed by atoms with van der Waals surface area (Å²) in [5, 5.41) is 5.57. The summed E-state index contributed by atoms with van der Waals surface area (Å²) in [6.45, 7) is 0. The van der Waals surface area contributed by atoms with Crippen molar-refractivity contribution in [3.05, 3.63) is 82.9 Å². The molecule has 0 aromatic heterocycles. The number of para-hydroxylation sites is 2. The molecule has 8 nitrogen and oxygen atoms in total. The van der Waals surface area contributed by atoms with E-state index in [1.54, 1.807) is 60.7 Å². The average molecular weight is 450 g/mol.